The molecule has 1 saturated heterocycles. The molecule has 2 heterocycles. The molecule has 33 heavy (non-hydrogen) atoms. The number of amides is 1. The number of halogens is 1. The Bertz CT molecular complexity index is 1240. The third-order valence-corrected chi connectivity index (χ3v) is 7.86. The van der Waals surface area contributed by atoms with E-state index in [0.717, 1.165) is 55.7 Å². The van der Waals surface area contributed by atoms with Gasteiger partial charge in [0.25, 0.3) is 5.91 Å². The topological polar surface area (TPSA) is 37.6 Å². The van der Waals surface area contributed by atoms with Crippen molar-refractivity contribution in [1.82, 2.24) is 9.47 Å². The van der Waals surface area contributed by atoms with E-state index >= 15 is 0 Å². The summed E-state index contributed by atoms with van der Waals surface area (Å²) in [5, 5.41) is 0.797. The van der Waals surface area contributed by atoms with Crippen LogP contribution < -0.4 is 0 Å². The summed E-state index contributed by atoms with van der Waals surface area (Å²) in [5.74, 6) is 0.0787. The number of aliphatic imine (C=N–C) groups is 1. The van der Waals surface area contributed by atoms with Gasteiger partial charge in [-0.2, -0.15) is 0 Å². The number of carbonyl (C=O) groups excluding carboxylic acids is 1. The highest BCUT2D eigenvalue weighted by atomic mass is 79.9. The molecule has 0 atom stereocenters. The number of hydrogen-bond acceptors (Lipinski definition) is 3. The summed E-state index contributed by atoms with van der Waals surface area (Å²) in [6.07, 6.45) is 6.48. The van der Waals surface area contributed by atoms with E-state index in [9.17, 15) is 4.79 Å². The van der Waals surface area contributed by atoms with E-state index in [1.165, 1.54) is 24.6 Å². The molecule has 6 heteroatoms. The SMILES string of the molecule is Cc1cc(/C=C2/SC(=Nc3ccccc3)N(C3CCCC3)C2=O)c(C)n1-c1ccc(Br)cc1. The molecule has 0 unspecified atom stereocenters. The first-order chi connectivity index (χ1) is 16.0. The van der Waals surface area contributed by atoms with Crippen LogP contribution in [0.5, 0.6) is 0 Å². The minimum atomic E-state index is 0.0787. The van der Waals surface area contributed by atoms with Crippen molar-refractivity contribution in [3.8, 4) is 5.69 Å². The first-order valence-corrected chi connectivity index (χ1v) is 12.9. The molecule has 5 rings (SSSR count). The fourth-order valence-corrected chi connectivity index (χ4v) is 6.04. The molecule has 4 nitrogen and oxygen atoms in total. The molecule has 168 valence electrons. The Hall–Kier alpha value is -2.57. The molecule has 0 spiro atoms. The van der Waals surface area contributed by atoms with Gasteiger partial charge in [0, 0.05) is 27.6 Å². The van der Waals surface area contributed by atoms with Crippen LogP contribution in [-0.2, 0) is 4.79 Å². The molecule has 1 aliphatic carbocycles. The summed E-state index contributed by atoms with van der Waals surface area (Å²) < 4.78 is 3.29. The van der Waals surface area contributed by atoms with Crippen LogP contribution in [0.4, 0.5) is 5.69 Å². The summed E-state index contributed by atoms with van der Waals surface area (Å²) in [7, 11) is 0. The lowest BCUT2D eigenvalue weighted by atomic mass is 10.2. The Labute approximate surface area is 207 Å². The van der Waals surface area contributed by atoms with Gasteiger partial charge in [-0.05, 0) is 92.6 Å². The molecule has 1 saturated carbocycles. The van der Waals surface area contributed by atoms with E-state index in [1.54, 1.807) is 0 Å². The van der Waals surface area contributed by atoms with E-state index in [4.69, 9.17) is 4.99 Å². The van der Waals surface area contributed by atoms with Gasteiger partial charge in [0.1, 0.15) is 0 Å². The minimum Gasteiger partial charge on any atom is -0.318 e. The van der Waals surface area contributed by atoms with Crippen molar-refractivity contribution in [2.75, 3.05) is 0 Å². The van der Waals surface area contributed by atoms with Crippen LogP contribution >= 0.6 is 27.7 Å². The van der Waals surface area contributed by atoms with E-state index in [2.05, 4.69) is 64.7 Å². The van der Waals surface area contributed by atoms with Gasteiger partial charge in [-0.1, -0.05) is 47.0 Å². The normalized spacial score (nSPS) is 19.4. The second kappa shape index (κ2) is 9.35. The maximum absolute atomic E-state index is 13.6. The van der Waals surface area contributed by atoms with Crippen LogP contribution in [0, 0.1) is 13.8 Å². The van der Waals surface area contributed by atoms with Crippen molar-refractivity contribution in [2.24, 2.45) is 4.99 Å². The Morgan fingerprint density at radius 2 is 1.73 bits per heavy atom. The summed E-state index contributed by atoms with van der Waals surface area (Å²) in [6.45, 7) is 4.22. The van der Waals surface area contributed by atoms with Crippen molar-refractivity contribution in [2.45, 2.75) is 45.6 Å². The number of amidine groups is 1. The van der Waals surface area contributed by atoms with Gasteiger partial charge in [-0.3, -0.25) is 9.69 Å². The Balaban J connectivity index is 1.52. The number of carbonyl (C=O) groups is 1. The third kappa shape index (κ3) is 4.46. The lowest BCUT2D eigenvalue weighted by Gasteiger charge is -2.22. The standard InChI is InChI=1S/C27H26BrN3OS/c1-18-16-20(19(2)30(18)24-14-12-21(28)13-15-24)17-25-26(32)31(23-10-6-7-11-23)27(33-25)29-22-8-4-3-5-9-22/h3-5,8-9,12-17,23H,6-7,10-11H2,1-2H3/b25-17+,29-27?. The van der Waals surface area contributed by atoms with Crippen molar-refractivity contribution in [1.29, 1.82) is 0 Å². The second-order valence-electron chi connectivity index (χ2n) is 8.59. The Morgan fingerprint density at radius 1 is 1.03 bits per heavy atom. The molecule has 2 aromatic carbocycles. The maximum atomic E-state index is 13.6. The molecule has 2 aliphatic rings. The monoisotopic (exact) mass is 519 g/mol. The summed E-state index contributed by atoms with van der Waals surface area (Å²) in [4.78, 5) is 21.1. The minimum absolute atomic E-state index is 0.0787. The molecule has 0 N–H and O–H groups in total. The average Bonchev–Trinajstić information content (AvgIpc) is 3.50. The molecule has 1 aliphatic heterocycles. The molecule has 1 amide bonds. The lowest BCUT2D eigenvalue weighted by molar-refractivity contribution is -0.123. The number of rotatable bonds is 4. The Morgan fingerprint density at radius 3 is 2.42 bits per heavy atom. The molecule has 2 fully saturated rings. The first-order valence-electron chi connectivity index (χ1n) is 11.3. The predicted octanol–water partition coefficient (Wildman–Crippen LogP) is 7.40. The zero-order valence-electron chi connectivity index (χ0n) is 18.8. The van der Waals surface area contributed by atoms with Crippen LogP contribution in [0.3, 0.4) is 0 Å². The number of thioether (sulfide) groups is 1. The second-order valence-corrected chi connectivity index (χ2v) is 10.5. The number of para-hydroxylation sites is 1. The fourth-order valence-electron chi connectivity index (χ4n) is 4.72. The highest BCUT2D eigenvalue weighted by molar-refractivity contribution is 9.10. The van der Waals surface area contributed by atoms with Crippen molar-refractivity contribution < 1.29 is 4.79 Å². The van der Waals surface area contributed by atoms with Crippen LogP contribution in [0.2, 0.25) is 0 Å². The molecule has 0 radical (unpaired) electrons. The maximum Gasteiger partial charge on any atom is 0.267 e. The van der Waals surface area contributed by atoms with E-state index < -0.39 is 0 Å². The first kappa shape index (κ1) is 22.2. The van der Waals surface area contributed by atoms with Gasteiger partial charge >= 0.3 is 0 Å². The van der Waals surface area contributed by atoms with Crippen molar-refractivity contribution in [3.63, 3.8) is 0 Å². The smallest absolute Gasteiger partial charge is 0.267 e. The van der Waals surface area contributed by atoms with Gasteiger partial charge < -0.3 is 4.57 Å². The van der Waals surface area contributed by atoms with Gasteiger partial charge in [0.15, 0.2) is 5.17 Å². The molecular weight excluding hydrogens is 494 g/mol. The van der Waals surface area contributed by atoms with E-state index in [0.29, 0.717) is 0 Å². The van der Waals surface area contributed by atoms with Crippen LogP contribution in [0.25, 0.3) is 11.8 Å². The van der Waals surface area contributed by atoms with Crippen LogP contribution in [-0.4, -0.2) is 26.6 Å². The lowest BCUT2D eigenvalue weighted by Crippen LogP contribution is -2.37. The summed E-state index contributed by atoms with van der Waals surface area (Å²) in [5.41, 5.74) is 5.32. The van der Waals surface area contributed by atoms with Gasteiger partial charge in [0.2, 0.25) is 0 Å². The largest absolute Gasteiger partial charge is 0.318 e. The van der Waals surface area contributed by atoms with E-state index in [1.807, 2.05) is 41.3 Å². The van der Waals surface area contributed by atoms with Gasteiger partial charge in [-0.25, -0.2) is 4.99 Å². The zero-order chi connectivity index (χ0) is 22.9. The fraction of sp³-hybridized carbons (Fsp3) is 0.259. The van der Waals surface area contributed by atoms with Crippen LogP contribution in [0.15, 0.2) is 75.0 Å². The summed E-state index contributed by atoms with van der Waals surface area (Å²) >= 11 is 5.01. The summed E-state index contributed by atoms with van der Waals surface area (Å²) in [6, 6.07) is 20.6. The highest BCUT2D eigenvalue weighted by Gasteiger charge is 2.39. The number of hydrogen-bond donors (Lipinski definition) is 0. The highest BCUT2D eigenvalue weighted by Crippen LogP contribution is 2.39. The number of aromatic nitrogens is 1. The quantitative estimate of drug-likeness (QED) is 0.336. The molecular formula is C27H26BrN3OS. The zero-order valence-corrected chi connectivity index (χ0v) is 21.2. The third-order valence-electron chi connectivity index (χ3n) is 6.35. The van der Waals surface area contributed by atoms with E-state index in [-0.39, 0.29) is 11.9 Å². The van der Waals surface area contributed by atoms with Gasteiger partial charge in [0.05, 0.1) is 10.6 Å². The van der Waals surface area contributed by atoms with Gasteiger partial charge in [-0.15, -0.1) is 0 Å². The average molecular weight is 520 g/mol. The Kier molecular flexibility index (Phi) is 6.30. The number of nitrogens with zero attached hydrogens (tertiary/aromatic N) is 3. The predicted molar refractivity (Wildman–Crippen MR) is 141 cm³/mol. The number of aryl methyl sites for hydroxylation is 1. The molecule has 1 aromatic heterocycles. The van der Waals surface area contributed by atoms with Crippen molar-refractivity contribution in [3.05, 3.63) is 87.0 Å². The number of benzene rings is 2. The molecule has 0 bridgehead atoms. The van der Waals surface area contributed by atoms with Crippen LogP contribution in [0.1, 0.15) is 42.6 Å². The molecule has 3 aromatic rings. The van der Waals surface area contributed by atoms with Crippen molar-refractivity contribution >= 4 is 50.5 Å².